The molecule has 2 aromatic heterocycles. The zero-order chi connectivity index (χ0) is 19.9. The molecule has 0 aliphatic heterocycles. The third-order valence-corrected chi connectivity index (χ3v) is 6.20. The van der Waals surface area contributed by atoms with E-state index in [1.54, 1.807) is 6.20 Å². The molecule has 0 saturated heterocycles. The van der Waals surface area contributed by atoms with Gasteiger partial charge in [-0.2, -0.15) is 0 Å². The highest BCUT2D eigenvalue weighted by molar-refractivity contribution is 5.94. The molecule has 0 atom stereocenters. The van der Waals surface area contributed by atoms with Crippen LogP contribution in [-0.2, 0) is 24.2 Å². The lowest BCUT2D eigenvalue weighted by Gasteiger charge is -2.28. The minimum atomic E-state index is 0.146. The number of aromatic nitrogens is 2. The summed E-state index contributed by atoms with van der Waals surface area (Å²) in [6.07, 6.45) is 12.2. The number of pyridine rings is 2. The van der Waals surface area contributed by atoms with Gasteiger partial charge in [0.2, 0.25) is 5.91 Å². The fourth-order valence-electron chi connectivity index (χ4n) is 4.55. The molecule has 0 spiro atoms. The second kappa shape index (κ2) is 9.97. The molecule has 1 N–H and O–H groups in total. The largest absolute Gasteiger partial charge is 0.309 e. The summed E-state index contributed by atoms with van der Waals surface area (Å²) < 4.78 is 0. The molecule has 2 heterocycles. The first-order chi connectivity index (χ1) is 14.3. The van der Waals surface area contributed by atoms with Gasteiger partial charge in [0.1, 0.15) is 5.82 Å². The molecule has 5 nitrogen and oxygen atoms in total. The van der Waals surface area contributed by atoms with Crippen molar-refractivity contribution in [1.82, 2.24) is 15.3 Å². The van der Waals surface area contributed by atoms with Gasteiger partial charge in [0.25, 0.3) is 0 Å². The van der Waals surface area contributed by atoms with E-state index in [1.165, 1.54) is 36.9 Å². The minimum absolute atomic E-state index is 0.146. The number of anilines is 1. The highest BCUT2D eigenvalue weighted by atomic mass is 16.2. The number of hydrogen-bond acceptors (Lipinski definition) is 4. The molecule has 0 radical (unpaired) electrons. The van der Waals surface area contributed by atoms with E-state index in [-0.39, 0.29) is 11.8 Å². The molecule has 154 valence electrons. The molecular weight excluding hydrogens is 360 g/mol. The van der Waals surface area contributed by atoms with Gasteiger partial charge in [0.05, 0.1) is 5.69 Å². The predicted molar refractivity (Wildman–Crippen MR) is 116 cm³/mol. The lowest BCUT2D eigenvalue weighted by atomic mass is 9.88. The molecule has 0 bridgehead atoms. The summed E-state index contributed by atoms with van der Waals surface area (Å²) in [5, 5.41) is 3.48. The van der Waals surface area contributed by atoms with E-state index in [0.717, 1.165) is 56.7 Å². The van der Waals surface area contributed by atoms with Crippen molar-refractivity contribution in [3.05, 3.63) is 53.5 Å². The first-order valence-corrected chi connectivity index (χ1v) is 11.2. The van der Waals surface area contributed by atoms with Crippen molar-refractivity contribution in [2.75, 3.05) is 18.0 Å². The summed E-state index contributed by atoms with van der Waals surface area (Å²) in [5.74, 6) is 1.14. The Kier molecular flexibility index (Phi) is 6.88. The summed E-state index contributed by atoms with van der Waals surface area (Å²) in [7, 11) is 0. The zero-order valence-corrected chi connectivity index (χ0v) is 17.3. The molecule has 29 heavy (non-hydrogen) atoms. The summed E-state index contributed by atoms with van der Waals surface area (Å²) in [6.45, 7) is 2.10. The first kappa shape index (κ1) is 20.0. The summed E-state index contributed by atoms with van der Waals surface area (Å²) in [5.41, 5.74) is 3.78. The van der Waals surface area contributed by atoms with Crippen molar-refractivity contribution in [2.45, 2.75) is 64.3 Å². The number of carbonyl (C=O) groups excluding carboxylic acids is 1. The van der Waals surface area contributed by atoms with Crippen LogP contribution in [0, 0.1) is 5.92 Å². The van der Waals surface area contributed by atoms with E-state index in [1.807, 2.05) is 23.1 Å². The Bertz CT molecular complexity index is 802. The van der Waals surface area contributed by atoms with E-state index in [4.69, 9.17) is 4.98 Å². The van der Waals surface area contributed by atoms with Gasteiger partial charge >= 0.3 is 0 Å². The monoisotopic (exact) mass is 392 g/mol. The van der Waals surface area contributed by atoms with Gasteiger partial charge in [0, 0.05) is 37.4 Å². The maximum Gasteiger partial charge on any atom is 0.231 e. The maximum atomic E-state index is 13.2. The Morgan fingerprint density at radius 1 is 1.03 bits per heavy atom. The number of rotatable bonds is 7. The Morgan fingerprint density at radius 3 is 2.72 bits per heavy atom. The summed E-state index contributed by atoms with van der Waals surface area (Å²) in [6, 6.07) is 10.2. The van der Waals surface area contributed by atoms with Crippen LogP contribution < -0.4 is 10.2 Å². The van der Waals surface area contributed by atoms with Crippen LogP contribution in [0.3, 0.4) is 0 Å². The number of nitrogens with one attached hydrogen (secondary N) is 1. The molecular formula is C24H32N4O. The predicted octanol–water partition coefficient (Wildman–Crippen LogP) is 4.06. The van der Waals surface area contributed by atoms with Crippen molar-refractivity contribution in [2.24, 2.45) is 5.92 Å². The van der Waals surface area contributed by atoms with Crippen molar-refractivity contribution in [3.8, 4) is 0 Å². The molecule has 4 rings (SSSR count). The number of carbonyl (C=O) groups is 1. The van der Waals surface area contributed by atoms with Gasteiger partial charge < -0.3 is 5.32 Å². The van der Waals surface area contributed by atoms with Crippen molar-refractivity contribution in [1.29, 1.82) is 0 Å². The van der Waals surface area contributed by atoms with Gasteiger partial charge in [-0.05, 0) is 62.3 Å². The van der Waals surface area contributed by atoms with Crippen LogP contribution in [0.15, 0.2) is 36.5 Å². The molecule has 2 aliphatic rings. The van der Waals surface area contributed by atoms with Crippen LogP contribution in [0.25, 0.3) is 0 Å². The van der Waals surface area contributed by atoms with Gasteiger partial charge in [-0.1, -0.05) is 31.4 Å². The van der Waals surface area contributed by atoms with Crippen LogP contribution in [0.4, 0.5) is 5.82 Å². The normalized spacial score (nSPS) is 17.0. The second-order valence-electron chi connectivity index (χ2n) is 8.31. The van der Waals surface area contributed by atoms with E-state index in [0.29, 0.717) is 6.54 Å². The van der Waals surface area contributed by atoms with Crippen molar-refractivity contribution >= 4 is 11.7 Å². The molecule has 0 unspecified atom stereocenters. The van der Waals surface area contributed by atoms with E-state index in [9.17, 15) is 4.79 Å². The van der Waals surface area contributed by atoms with Crippen LogP contribution in [-0.4, -0.2) is 29.0 Å². The number of nitrogens with zero attached hydrogens (tertiary/aromatic N) is 3. The molecule has 0 aromatic carbocycles. The van der Waals surface area contributed by atoms with Crippen LogP contribution in [0.5, 0.6) is 0 Å². The van der Waals surface area contributed by atoms with Crippen molar-refractivity contribution < 1.29 is 4.79 Å². The highest BCUT2D eigenvalue weighted by Crippen LogP contribution is 2.27. The fourth-order valence-corrected chi connectivity index (χ4v) is 4.55. The number of aryl methyl sites for hydroxylation is 2. The fraction of sp³-hybridized carbons (Fsp3) is 0.542. The molecule has 2 aliphatic carbocycles. The lowest BCUT2D eigenvalue weighted by molar-refractivity contribution is -0.123. The highest BCUT2D eigenvalue weighted by Gasteiger charge is 2.27. The first-order valence-electron chi connectivity index (χ1n) is 11.2. The molecule has 1 saturated carbocycles. The topological polar surface area (TPSA) is 58.1 Å². The molecule has 5 heteroatoms. The summed E-state index contributed by atoms with van der Waals surface area (Å²) in [4.78, 5) is 24.3. The quantitative estimate of drug-likeness (QED) is 0.722. The Labute approximate surface area is 173 Å². The Balaban J connectivity index is 1.35. The average Bonchev–Trinajstić information content (AvgIpc) is 2.80. The zero-order valence-electron chi connectivity index (χ0n) is 17.3. The van der Waals surface area contributed by atoms with Gasteiger partial charge in [-0.15, -0.1) is 0 Å². The average molecular weight is 393 g/mol. The molecule has 1 fully saturated rings. The SMILES string of the molecule is O=C(C1CCCCC1)N(CCNCc1ccc2c(n1)CCCC2)c1ccccn1. The van der Waals surface area contributed by atoms with E-state index < -0.39 is 0 Å². The Morgan fingerprint density at radius 2 is 1.90 bits per heavy atom. The van der Waals surface area contributed by atoms with Gasteiger partial charge in [-0.3, -0.25) is 14.7 Å². The lowest BCUT2D eigenvalue weighted by Crippen LogP contribution is -2.41. The van der Waals surface area contributed by atoms with Gasteiger partial charge in [0.15, 0.2) is 0 Å². The maximum absolute atomic E-state index is 13.2. The van der Waals surface area contributed by atoms with E-state index in [2.05, 4.69) is 22.4 Å². The van der Waals surface area contributed by atoms with Crippen LogP contribution in [0.2, 0.25) is 0 Å². The van der Waals surface area contributed by atoms with Crippen LogP contribution >= 0.6 is 0 Å². The standard InChI is InChI=1S/C24H32N4O/c29-24(20-9-2-1-3-10-20)28(23-12-6-7-15-26-23)17-16-25-18-21-14-13-19-8-4-5-11-22(19)27-21/h6-7,12-15,20,25H,1-5,8-11,16-18H2. The minimum Gasteiger partial charge on any atom is -0.309 e. The smallest absolute Gasteiger partial charge is 0.231 e. The third kappa shape index (κ3) is 5.21. The third-order valence-electron chi connectivity index (χ3n) is 6.20. The van der Waals surface area contributed by atoms with Gasteiger partial charge in [-0.25, -0.2) is 4.98 Å². The number of amides is 1. The van der Waals surface area contributed by atoms with Crippen molar-refractivity contribution in [3.63, 3.8) is 0 Å². The number of fused-ring (bicyclic) bond motifs is 1. The molecule has 1 amide bonds. The second-order valence-corrected chi connectivity index (χ2v) is 8.31. The summed E-state index contributed by atoms with van der Waals surface area (Å²) >= 11 is 0. The number of hydrogen-bond donors (Lipinski definition) is 1. The molecule has 2 aromatic rings. The van der Waals surface area contributed by atoms with E-state index >= 15 is 0 Å². The Hall–Kier alpha value is -2.27. The van der Waals surface area contributed by atoms with Crippen LogP contribution in [0.1, 0.15) is 61.9 Å².